The number of aryl methyl sites for hydroxylation is 1. The molecule has 0 saturated carbocycles. The van der Waals surface area contributed by atoms with Gasteiger partial charge in [-0.2, -0.15) is 0 Å². The van der Waals surface area contributed by atoms with Crippen molar-refractivity contribution in [2.75, 3.05) is 11.9 Å². The van der Waals surface area contributed by atoms with Crippen molar-refractivity contribution in [1.82, 2.24) is 15.0 Å². The Labute approximate surface area is 133 Å². The number of pyridine rings is 1. The Bertz CT molecular complexity index is 557. The van der Waals surface area contributed by atoms with Gasteiger partial charge in [0.25, 0.3) is 0 Å². The Hall–Kier alpha value is -1.24. The molecule has 0 unspecified atom stereocenters. The second kappa shape index (κ2) is 7.52. The lowest BCUT2D eigenvalue weighted by Crippen LogP contribution is -2.10. The molecule has 106 valence electrons. The number of anilines is 1. The van der Waals surface area contributed by atoms with E-state index in [2.05, 4.69) is 62.8 Å². The van der Waals surface area contributed by atoms with Crippen molar-refractivity contribution >= 4 is 28.4 Å². The summed E-state index contributed by atoms with van der Waals surface area (Å²) in [6.07, 6.45) is 6.37. The van der Waals surface area contributed by atoms with Gasteiger partial charge in [-0.1, -0.05) is 19.9 Å². The first-order chi connectivity index (χ1) is 9.74. The molecule has 4 nitrogen and oxygen atoms in total. The number of rotatable bonds is 6. The molecule has 20 heavy (non-hydrogen) atoms. The molecule has 0 bridgehead atoms. The lowest BCUT2D eigenvalue weighted by atomic mass is 10.2. The molecule has 0 saturated heterocycles. The molecule has 1 N–H and O–H groups in total. The van der Waals surface area contributed by atoms with E-state index in [0.717, 1.165) is 52.3 Å². The zero-order valence-corrected chi connectivity index (χ0v) is 14.0. The van der Waals surface area contributed by atoms with Crippen molar-refractivity contribution in [3.05, 3.63) is 45.2 Å². The fourth-order valence-electron chi connectivity index (χ4n) is 1.90. The summed E-state index contributed by atoms with van der Waals surface area (Å²) in [6.45, 7) is 5.21. The van der Waals surface area contributed by atoms with Crippen molar-refractivity contribution in [1.29, 1.82) is 0 Å². The van der Waals surface area contributed by atoms with Gasteiger partial charge in [-0.15, -0.1) is 0 Å². The van der Waals surface area contributed by atoms with Crippen molar-refractivity contribution in [3.63, 3.8) is 0 Å². The Morgan fingerprint density at radius 2 is 2.10 bits per heavy atom. The van der Waals surface area contributed by atoms with Gasteiger partial charge in [-0.05, 0) is 47.1 Å². The predicted octanol–water partition coefficient (Wildman–Crippen LogP) is 3.45. The van der Waals surface area contributed by atoms with Crippen LogP contribution in [0.4, 0.5) is 5.82 Å². The molecule has 2 aromatic rings. The Morgan fingerprint density at radius 3 is 2.75 bits per heavy atom. The van der Waals surface area contributed by atoms with Gasteiger partial charge in [-0.3, -0.25) is 4.98 Å². The monoisotopic (exact) mass is 382 g/mol. The van der Waals surface area contributed by atoms with Crippen LogP contribution in [0.2, 0.25) is 0 Å². The summed E-state index contributed by atoms with van der Waals surface area (Å²) in [5.74, 6) is 1.81. The lowest BCUT2D eigenvalue weighted by Gasteiger charge is -2.12. The molecule has 5 heteroatoms. The lowest BCUT2D eigenvalue weighted by molar-refractivity contribution is 0.880. The standard InChI is InChI=1S/C15H19IN4/c1-3-7-18-15-14(16)12(4-2)19-13(20-15)9-11-6-5-8-17-10-11/h5-6,8,10H,3-4,7,9H2,1-2H3,(H,18,19,20). The molecule has 0 fully saturated rings. The van der Waals surface area contributed by atoms with Crippen LogP contribution < -0.4 is 5.32 Å². The molecule has 0 atom stereocenters. The highest BCUT2D eigenvalue weighted by molar-refractivity contribution is 14.1. The molecule has 0 spiro atoms. The average Bonchev–Trinajstić information content (AvgIpc) is 2.48. The summed E-state index contributed by atoms with van der Waals surface area (Å²) in [6, 6.07) is 4.00. The molecular formula is C15H19IN4. The van der Waals surface area contributed by atoms with Gasteiger partial charge in [0.05, 0.1) is 9.26 Å². The maximum Gasteiger partial charge on any atom is 0.143 e. The van der Waals surface area contributed by atoms with E-state index in [9.17, 15) is 0 Å². The Kier molecular flexibility index (Phi) is 5.70. The number of nitrogens with one attached hydrogen (secondary N) is 1. The molecule has 2 heterocycles. The summed E-state index contributed by atoms with van der Waals surface area (Å²) in [5.41, 5.74) is 2.25. The fourth-order valence-corrected chi connectivity index (χ4v) is 2.72. The van der Waals surface area contributed by atoms with E-state index in [1.54, 1.807) is 6.20 Å². The van der Waals surface area contributed by atoms with Crippen molar-refractivity contribution in [3.8, 4) is 0 Å². The van der Waals surface area contributed by atoms with Gasteiger partial charge >= 0.3 is 0 Å². The smallest absolute Gasteiger partial charge is 0.143 e. The van der Waals surface area contributed by atoms with Crippen LogP contribution in [0.1, 0.15) is 37.4 Å². The summed E-state index contributed by atoms with van der Waals surface area (Å²) in [5, 5.41) is 3.39. The van der Waals surface area contributed by atoms with E-state index >= 15 is 0 Å². The van der Waals surface area contributed by atoms with Gasteiger partial charge in [-0.25, -0.2) is 9.97 Å². The maximum absolute atomic E-state index is 4.67. The largest absolute Gasteiger partial charge is 0.369 e. The minimum Gasteiger partial charge on any atom is -0.369 e. The number of hydrogen-bond acceptors (Lipinski definition) is 4. The summed E-state index contributed by atoms with van der Waals surface area (Å²) >= 11 is 2.33. The first kappa shape index (κ1) is 15.2. The summed E-state index contributed by atoms with van der Waals surface area (Å²) in [7, 11) is 0. The first-order valence-corrected chi connectivity index (χ1v) is 8.00. The minimum atomic E-state index is 0.721. The van der Waals surface area contributed by atoms with Crippen LogP contribution in [0.15, 0.2) is 24.5 Å². The van der Waals surface area contributed by atoms with E-state index in [1.165, 1.54) is 0 Å². The van der Waals surface area contributed by atoms with Crippen LogP contribution in [0.3, 0.4) is 0 Å². The number of aromatic nitrogens is 3. The summed E-state index contributed by atoms with van der Waals surface area (Å²) in [4.78, 5) is 13.5. The molecule has 0 radical (unpaired) electrons. The molecule has 0 amide bonds. The number of halogens is 1. The van der Waals surface area contributed by atoms with Crippen LogP contribution in [0.25, 0.3) is 0 Å². The molecule has 0 aromatic carbocycles. The number of hydrogen-bond donors (Lipinski definition) is 1. The van der Waals surface area contributed by atoms with Crippen LogP contribution in [-0.2, 0) is 12.8 Å². The molecule has 0 aliphatic carbocycles. The minimum absolute atomic E-state index is 0.721. The van der Waals surface area contributed by atoms with E-state index in [-0.39, 0.29) is 0 Å². The van der Waals surface area contributed by atoms with Gasteiger partial charge in [0.15, 0.2) is 0 Å². The van der Waals surface area contributed by atoms with E-state index in [0.29, 0.717) is 0 Å². The average molecular weight is 382 g/mol. The van der Waals surface area contributed by atoms with Crippen LogP contribution in [0, 0.1) is 3.57 Å². The quantitative estimate of drug-likeness (QED) is 0.778. The molecule has 2 aromatic heterocycles. The third-order valence-electron chi connectivity index (χ3n) is 2.93. The van der Waals surface area contributed by atoms with Crippen molar-refractivity contribution < 1.29 is 0 Å². The first-order valence-electron chi connectivity index (χ1n) is 6.92. The highest BCUT2D eigenvalue weighted by atomic mass is 127. The van der Waals surface area contributed by atoms with Crippen LogP contribution in [0.5, 0.6) is 0 Å². The van der Waals surface area contributed by atoms with Crippen LogP contribution in [-0.4, -0.2) is 21.5 Å². The molecular weight excluding hydrogens is 363 g/mol. The van der Waals surface area contributed by atoms with Gasteiger partial charge < -0.3 is 5.32 Å². The van der Waals surface area contributed by atoms with E-state index in [4.69, 9.17) is 0 Å². The normalized spacial score (nSPS) is 10.6. The predicted molar refractivity (Wildman–Crippen MR) is 90.0 cm³/mol. The molecule has 0 aliphatic heterocycles. The Morgan fingerprint density at radius 1 is 1.25 bits per heavy atom. The SMILES string of the molecule is CCCNc1nc(Cc2cccnc2)nc(CC)c1I. The van der Waals surface area contributed by atoms with Gasteiger partial charge in [0.1, 0.15) is 11.6 Å². The highest BCUT2D eigenvalue weighted by Gasteiger charge is 2.11. The van der Waals surface area contributed by atoms with Crippen molar-refractivity contribution in [2.45, 2.75) is 33.1 Å². The van der Waals surface area contributed by atoms with Gasteiger partial charge in [0.2, 0.25) is 0 Å². The number of nitrogens with zero attached hydrogens (tertiary/aromatic N) is 3. The van der Waals surface area contributed by atoms with E-state index < -0.39 is 0 Å². The summed E-state index contributed by atoms with van der Waals surface area (Å²) < 4.78 is 1.13. The Balaban J connectivity index is 2.28. The zero-order valence-electron chi connectivity index (χ0n) is 11.9. The van der Waals surface area contributed by atoms with E-state index in [1.807, 2.05) is 12.3 Å². The highest BCUT2D eigenvalue weighted by Crippen LogP contribution is 2.20. The fraction of sp³-hybridized carbons (Fsp3) is 0.400. The molecule has 0 aliphatic rings. The van der Waals surface area contributed by atoms with Crippen LogP contribution >= 0.6 is 22.6 Å². The van der Waals surface area contributed by atoms with Crippen molar-refractivity contribution in [2.24, 2.45) is 0 Å². The third kappa shape index (κ3) is 3.88. The second-order valence-electron chi connectivity index (χ2n) is 4.57. The molecule has 2 rings (SSSR count). The zero-order chi connectivity index (χ0) is 14.4. The van der Waals surface area contributed by atoms with Gasteiger partial charge in [0, 0.05) is 25.4 Å². The maximum atomic E-state index is 4.67. The third-order valence-corrected chi connectivity index (χ3v) is 4.06. The second-order valence-corrected chi connectivity index (χ2v) is 5.65. The topological polar surface area (TPSA) is 50.7 Å².